The van der Waals surface area contributed by atoms with Gasteiger partial charge < -0.3 is 5.32 Å². The molecule has 1 heterocycles. The van der Waals surface area contributed by atoms with Crippen LogP contribution in [0.5, 0.6) is 0 Å². The van der Waals surface area contributed by atoms with Gasteiger partial charge in [-0.25, -0.2) is 4.68 Å². The van der Waals surface area contributed by atoms with Gasteiger partial charge in [0.1, 0.15) is 0 Å². The zero-order chi connectivity index (χ0) is 14.9. The second kappa shape index (κ2) is 8.63. The third-order valence-corrected chi connectivity index (χ3v) is 3.76. The Bertz CT molecular complexity index is 504. The zero-order valence-corrected chi connectivity index (χ0v) is 13.3. The zero-order valence-electron chi connectivity index (χ0n) is 13.3. The van der Waals surface area contributed by atoms with Gasteiger partial charge in [0.05, 0.1) is 11.9 Å². The molecule has 0 aliphatic heterocycles. The van der Waals surface area contributed by atoms with E-state index in [-0.39, 0.29) is 0 Å². The Hall–Kier alpha value is -1.61. The second-order valence-corrected chi connectivity index (χ2v) is 5.56. The first-order valence-corrected chi connectivity index (χ1v) is 8.18. The summed E-state index contributed by atoms with van der Waals surface area (Å²) in [4.78, 5) is 0. The van der Waals surface area contributed by atoms with E-state index in [0.29, 0.717) is 6.04 Å². The van der Waals surface area contributed by atoms with Crippen LogP contribution in [0.25, 0.3) is 5.69 Å². The molecule has 0 fully saturated rings. The van der Waals surface area contributed by atoms with E-state index in [1.54, 1.807) is 0 Å². The Morgan fingerprint density at radius 2 is 1.90 bits per heavy atom. The fraction of sp³-hybridized carbons (Fsp3) is 0.500. The van der Waals surface area contributed by atoms with Crippen molar-refractivity contribution in [3.63, 3.8) is 0 Å². The number of aromatic nitrogens is 2. The van der Waals surface area contributed by atoms with Crippen molar-refractivity contribution in [2.45, 2.75) is 52.0 Å². The predicted molar refractivity (Wildman–Crippen MR) is 88.7 cm³/mol. The summed E-state index contributed by atoms with van der Waals surface area (Å²) in [5.74, 6) is 0. The highest BCUT2D eigenvalue weighted by Gasteiger charge is 2.12. The molecular formula is C18H27N3. The quantitative estimate of drug-likeness (QED) is 0.688. The average molecular weight is 285 g/mol. The summed E-state index contributed by atoms with van der Waals surface area (Å²) in [7, 11) is 0. The van der Waals surface area contributed by atoms with Crippen LogP contribution in [0.2, 0.25) is 0 Å². The molecule has 21 heavy (non-hydrogen) atoms. The number of hydrogen-bond acceptors (Lipinski definition) is 2. The van der Waals surface area contributed by atoms with E-state index in [9.17, 15) is 0 Å². The molecule has 0 radical (unpaired) electrons. The Labute approximate surface area is 128 Å². The van der Waals surface area contributed by atoms with Crippen LogP contribution < -0.4 is 5.32 Å². The van der Waals surface area contributed by atoms with Gasteiger partial charge in [-0.2, -0.15) is 5.10 Å². The summed E-state index contributed by atoms with van der Waals surface area (Å²) >= 11 is 0. The van der Waals surface area contributed by atoms with Crippen LogP contribution >= 0.6 is 0 Å². The molecule has 0 amide bonds. The van der Waals surface area contributed by atoms with Gasteiger partial charge in [0.25, 0.3) is 0 Å². The summed E-state index contributed by atoms with van der Waals surface area (Å²) in [6.07, 6.45) is 10.4. The van der Waals surface area contributed by atoms with Gasteiger partial charge in [0.15, 0.2) is 0 Å². The lowest BCUT2D eigenvalue weighted by Crippen LogP contribution is -2.21. The first-order valence-electron chi connectivity index (χ1n) is 8.18. The molecule has 3 heteroatoms. The first kappa shape index (κ1) is 15.8. The van der Waals surface area contributed by atoms with Crippen molar-refractivity contribution >= 4 is 0 Å². The molecule has 1 aromatic carbocycles. The lowest BCUT2D eigenvalue weighted by atomic mass is 10.0. The van der Waals surface area contributed by atoms with Crippen LogP contribution in [0.4, 0.5) is 0 Å². The minimum Gasteiger partial charge on any atom is -0.310 e. The molecule has 0 saturated carbocycles. The SMILES string of the molecule is CCCCCC(NCCC)c1cnn(-c2ccccc2)c1. The van der Waals surface area contributed by atoms with Gasteiger partial charge in [0, 0.05) is 17.8 Å². The lowest BCUT2D eigenvalue weighted by molar-refractivity contribution is 0.474. The normalized spacial score (nSPS) is 12.5. The molecule has 3 nitrogen and oxygen atoms in total. The molecular weight excluding hydrogens is 258 g/mol. The van der Waals surface area contributed by atoms with Gasteiger partial charge in [-0.05, 0) is 31.5 Å². The number of benzene rings is 1. The van der Waals surface area contributed by atoms with E-state index in [4.69, 9.17) is 0 Å². The summed E-state index contributed by atoms with van der Waals surface area (Å²) < 4.78 is 1.97. The number of rotatable bonds is 9. The van der Waals surface area contributed by atoms with Gasteiger partial charge >= 0.3 is 0 Å². The lowest BCUT2D eigenvalue weighted by Gasteiger charge is -2.16. The number of hydrogen-bond donors (Lipinski definition) is 1. The Morgan fingerprint density at radius 1 is 1.10 bits per heavy atom. The van der Waals surface area contributed by atoms with Gasteiger partial charge in [-0.3, -0.25) is 0 Å². The standard InChI is InChI=1S/C18H27N3/c1-3-5-7-12-18(19-13-4-2)16-14-20-21(15-16)17-10-8-6-9-11-17/h6,8-11,14-15,18-19H,3-5,7,12-13H2,1-2H3. The monoisotopic (exact) mass is 285 g/mol. The minimum absolute atomic E-state index is 0.425. The van der Waals surface area contributed by atoms with Crippen molar-refractivity contribution in [3.05, 3.63) is 48.3 Å². The van der Waals surface area contributed by atoms with Crippen molar-refractivity contribution in [2.24, 2.45) is 0 Å². The van der Waals surface area contributed by atoms with E-state index < -0.39 is 0 Å². The predicted octanol–water partition coefficient (Wildman–Crippen LogP) is 4.49. The van der Waals surface area contributed by atoms with Crippen LogP contribution in [0.15, 0.2) is 42.7 Å². The van der Waals surface area contributed by atoms with E-state index in [1.807, 2.05) is 29.1 Å². The molecule has 1 unspecified atom stereocenters. The maximum atomic E-state index is 4.52. The summed E-state index contributed by atoms with van der Waals surface area (Å²) in [6, 6.07) is 10.7. The van der Waals surface area contributed by atoms with Crippen molar-refractivity contribution < 1.29 is 0 Å². The van der Waals surface area contributed by atoms with Crippen LogP contribution in [0.1, 0.15) is 57.6 Å². The molecule has 114 valence electrons. The van der Waals surface area contributed by atoms with E-state index in [2.05, 4.69) is 42.6 Å². The van der Waals surface area contributed by atoms with Crippen LogP contribution in [-0.4, -0.2) is 16.3 Å². The highest BCUT2D eigenvalue weighted by molar-refractivity contribution is 5.31. The number of nitrogens with zero attached hydrogens (tertiary/aromatic N) is 2. The maximum Gasteiger partial charge on any atom is 0.0645 e. The third kappa shape index (κ3) is 4.71. The molecule has 0 bridgehead atoms. The van der Waals surface area contributed by atoms with E-state index >= 15 is 0 Å². The summed E-state index contributed by atoms with van der Waals surface area (Å²) in [6.45, 7) is 5.53. The molecule has 1 aromatic heterocycles. The minimum atomic E-state index is 0.425. The fourth-order valence-electron chi connectivity index (χ4n) is 2.54. The third-order valence-electron chi connectivity index (χ3n) is 3.76. The highest BCUT2D eigenvalue weighted by Crippen LogP contribution is 2.20. The van der Waals surface area contributed by atoms with Gasteiger partial charge in [-0.15, -0.1) is 0 Å². The molecule has 2 rings (SSSR count). The van der Waals surface area contributed by atoms with Crippen LogP contribution in [0, 0.1) is 0 Å². The number of nitrogens with one attached hydrogen (secondary N) is 1. The van der Waals surface area contributed by atoms with Gasteiger partial charge in [-0.1, -0.05) is 51.3 Å². The van der Waals surface area contributed by atoms with Crippen molar-refractivity contribution in [1.29, 1.82) is 0 Å². The van der Waals surface area contributed by atoms with Crippen molar-refractivity contribution in [2.75, 3.05) is 6.54 Å². The molecule has 1 atom stereocenters. The summed E-state index contributed by atoms with van der Waals surface area (Å²) in [5.41, 5.74) is 2.41. The first-order chi connectivity index (χ1) is 10.3. The fourth-order valence-corrected chi connectivity index (χ4v) is 2.54. The largest absolute Gasteiger partial charge is 0.310 e. The van der Waals surface area contributed by atoms with Crippen molar-refractivity contribution in [3.8, 4) is 5.69 Å². The number of para-hydroxylation sites is 1. The Kier molecular flexibility index (Phi) is 6.48. The summed E-state index contributed by atoms with van der Waals surface area (Å²) in [5, 5.41) is 8.18. The highest BCUT2D eigenvalue weighted by atomic mass is 15.3. The van der Waals surface area contributed by atoms with Crippen LogP contribution in [0.3, 0.4) is 0 Å². The van der Waals surface area contributed by atoms with Crippen molar-refractivity contribution in [1.82, 2.24) is 15.1 Å². The molecule has 0 aliphatic carbocycles. The van der Waals surface area contributed by atoms with Crippen LogP contribution in [-0.2, 0) is 0 Å². The average Bonchev–Trinajstić information content (AvgIpc) is 3.01. The number of unbranched alkanes of at least 4 members (excludes halogenated alkanes) is 2. The van der Waals surface area contributed by atoms with E-state index in [0.717, 1.165) is 18.7 Å². The Morgan fingerprint density at radius 3 is 2.62 bits per heavy atom. The smallest absolute Gasteiger partial charge is 0.0645 e. The molecule has 2 aromatic rings. The topological polar surface area (TPSA) is 29.9 Å². The van der Waals surface area contributed by atoms with E-state index in [1.165, 1.54) is 31.2 Å². The second-order valence-electron chi connectivity index (χ2n) is 5.56. The maximum absolute atomic E-state index is 4.52. The molecule has 1 N–H and O–H groups in total. The molecule has 0 aliphatic rings. The molecule has 0 saturated heterocycles. The molecule has 0 spiro atoms. The van der Waals surface area contributed by atoms with Gasteiger partial charge in [0.2, 0.25) is 0 Å². The Balaban J connectivity index is 2.07.